The van der Waals surface area contributed by atoms with Crippen LogP contribution in [0.25, 0.3) is 15.9 Å². The summed E-state index contributed by atoms with van der Waals surface area (Å²) in [6.07, 6.45) is 4.39. The first-order chi connectivity index (χ1) is 13.7. The molecule has 0 atom stereocenters. The first kappa shape index (κ1) is 17.8. The topological polar surface area (TPSA) is 79.4 Å². The van der Waals surface area contributed by atoms with E-state index in [9.17, 15) is 4.79 Å². The predicted octanol–water partition coefficient (Wildman–Crippen LogP) is 4.40. The van der Waals surface area contributed by atoms with Gasteiger partial charge in [0.2, 0.25) is 0 Å². The molecule has 0 fully saturated rings. The van der Waals surface area contributed by atoms with Crippen molar-refractivity contribution in [1.29, 1.82) is 0 Å². The third-order valence-corrected chi connectivity index (χ3v) is 7.23. The number of aryl methyl sites for hydroxylation is 2. The lowest BCUT2D eigenvalue weighted by Gasteiger charge is -2.09. The summed E-state index contributed by atoms with van der Waals surface area (Å²) in [6, 6.07) is 9.87. The highest BCUT2D eigenvalue weighted by Gasteiger charge is 2.20. The second-order valence-electron chi connectivity index (χ2n) is 6.67. The molecule has 3 heterocycles. The van der Waals surface area contributed by atoms with E-state index in [1.54, 1.807) is 11.3 Å². The van der Waals surface area contributed by atoms with Crippen molar-refractivity contribution in [2.24, 2.45) is 0 Å². The number of nitrogens with zero attached hydrogens (tertiary/aromatic N) is 3. The van der Waals surface area contributed by atoms with Gasteiger partial charge in [-0.25, -0.2) is 4.98 Å². The Kier molecular flexibility index (Phi) is 4.65. The van der Waals surface area contributed by atoms with Gasteiger partial charge in [-0.05, 0) is 55.6 Å². The quantitative estimate of drug-likeness (QED) is 0.287. The molecule has 6 nitrogen and oxygen atoms in total. The monoisotopic (exact) mass is 427 g/mol. The van der Waals surface area contributed by atoms with Crippen LogP contribution in [0.4, 0.5) is 0 Å². The van der Waals surface area contributed by atoms with Crippen LogP contribution in [0.1, 0.15) is 29.1 Å². The Labute approximate surface area is 174 Å². The Morgan fingerprint density at radius 3 is 2.89 bits per heavy atom. The van der Waals surface area contributed by atoms with E-state index in [4.69, 9.17) is 17.2 Å². The Morgan fingerprint density at radius 2 is 2.04 bits per heavy atom. The number of thiophene rings is 1. The molecule has 0 saturated carbocycles. The van der Waals surface area contributed by atoms with E-state index in [0.29, 0.717) is 15.7 Å². The maximum Gasteiger partial charge on any atom is 0.260 e. The average Bonchev–Trinajstić information content (AvgIpc) is 3.27. The number of para-hydroxylation sites is 1. The van der Waals surface area contributed by atoms with Gasteiger partial charge in [0.15, 0.2) is 9.93 Å². The van der Waals surface area contributed by atoms with Crippen LogP contribution in [-0.4, -0.2) is 24.7 Å². The van der Waals surface area contributed by atoms with Crippen LogP contribution in [0.2, 0.25) is 0 Å². The normalized spacial score (nSPS) is 13.7. The van der Waals surface area contributed by atoms with Crippen molar-refractivity contribution in [3.05, 3.63) is 61.7 Å². The number of fused-ring (bicyclic) bond motifs is 3. The molecule has 0 radical (unpaired) electrons. The van der Waals surface area contributed by atoms with Crippen LogP contribution in [0, 0.1) is 4.77 Å². The minimum Gasteiger partial charge on any atom is -0.301 e. The first-order valence-electron chi connectivity index (χ1n) is 9.10. The van der Waals surface area contributed by atoms with E-state index in [2.05, 4.69) is 15.2 Å². The van der Waals surface area contributed by atoms with Crippen LogP contribution < -0.4 is 5.56 Å². The zero-order valence-corrected chi connectivity index (χ0v) is 17.3. The van der Waals surface area contributed by atoms with Crippen LogP contribution in [-0.2, 0) is 18.6 Å². The summed E-state index contributed by atoms with van der Waals surface area (Å²) in [5, 5.41) is 8.61. The number of aromatic nitrogens is 5. The number of hydrogen-bond acceptors (Lipinski definition) is 6. The Morgan fingerprint density at radius 1 is 1.21 bits per heavy atom. The summed E-state index contributed by atoms with van der Waals surface area (Å²) in [4.78, 5) is 22.5. The molecule has 142 valence electrons. The summed E-state index contributed by atoms with van der Waals surface area (Å²) >= 11 is 8.51. The molecule has 1 aliphatic carbocycles. The third-order valence-electron chi connectivity index (χ3n) is 4.90. The smallest absolute Gasteiger partial charge is 0.260 e. The zero-order valence-electron chi connectivity index (χ0n) is 14.9. The van der Waals surface area contributed by atoms with Crippen molar-refractivity contribution in [2.75, 3.05) is 0 Å². The summed E-state index contributed by atoms with van der Waals surface area (Å²) < 4.78 is 2.45. The van der Waals surface area contributed by atoms with Crippen molar-refractivity contribution < 1.29 is 0 Å². The number of hydrogen-bond donors (Lipinski definition) is 2. The standard InChI is InChI=1S/C19H17N5OS3/c25-16-15-12-8-4-5-9-13(12)28-17(15)21-18(20-16)27-10-14-22-23-19(26)24(14)11-6-2-1-3-7-11/h1-3,6-7H,4-5,8-10H2,(H,23,26)(H,20,21,25). The number of thioether (sulfide) groups is 1. The fraction of sp³-hybridized carbons (Fsp3) is 0.263. The minimum atomic E-state index is -0.0335. The number of rotatable bonds is 4. The molecule has 3 aromatic heterocycles. The molecule has 0 unspecified atom stereocenters. The fourth-order valence-electron chi connectivity index (χ4n) is 3.62. The predicted molar refractivity (Wildman–Crippen MR) is 115 cm³/mol. The van der Waals surface area contributed by atoms with Gasteiger partial charge in [-0.15, -0.1) is 11.3 Å². The summed E-state index contributed by atoms with van der Waals surface area (Å²) in [7, 11) is 0. The van der Waals surface area contributed by atoms with Gasteiger partial charge in [-0.1, -0.05) is 30.0 Å². The Hall–Kier alpha value is -2.23. The van der Waals surface area contributed by atoms with E-state index in [0.717, 1.165) is 41.0 Å². The largest absolute Gasteiger partial charge is 0.301 e. The van der Waals surface area contributed by atoms with Gasteiger partial charge in [0.1, 0.15) is 10.7 Å². The number of benzene rings is 1. The van der Waals surface area contributed by atoms with Gasteiger partial charge in [0.25, 0.3) is 5.56 Å². The lowest BCUT2D eigenvalue weighted by atomic mass is 9.97. The van der Waals surface area contributed by atoms with E-state index >= 15 is 0 Å². The van der Waals surface area contributed by atoms with Crippen molar-refractivity contribution in [2.45, 2.75) is 36.6 Å². The molecule has 1 aromatic carbocycles. The van der Waals surface area contributed by atoms with E-state index in [-0.39, 0.29) is 5.56 Å². The highest BCUT2D eigenvalue weighted by molar-refractivity contribution is 7.98. The second-order valence-corrected chi connectivity index (χ2v) is 9.10. The van der Waals surface area contributed by atoms with Crippen LogP contribution in [0.5, 0.6) is 0 Å². The molecule has 9 heteroatoms. The summed E-state index contributed by atoms with van der Waals surface area (Å²) in [6.45, 7) is 0. The molecule has 0 bridgehead atoms. The molecule has 0 aliphatic heterocycles. The Bertz CT molecular complexity index is 1270. The number of nitrogens with one attached hydrogen (secondary N) is 2. The fourth-order valence-corrected chi connectivity index (χ4v) is 5.97. The maximum atomic E-state index is 12.7. The number of H-pyrrole nitrogens is 2. The Balaban J connectivity index is 1.46. The van der Waals surface area contributed by atoms with Crippen LogP contribution in [0.3, 0.4) is 0 Å². The highest BCUT2D eigenvalue weighted by Crippen LogP contribution is 2.34. The second kappa shape index (κ2) is 7.31. The summed E-state index contributed by atoms with van der Waals surface area (Å²) in [5.41, 5.74) is 2.13. The molecule has 4 aromatic rings. The van der Waals surface area contributed by atoms with Gasteiger partial charge in [0.05, 0.1) is 11.1 Å². The molecule has 0 amide bonds. The van der Waals surface area contributed by atoms with E-state index in [1.165, 1.54) is 28.6 Å². The molecule has 0 spiro atoms. The van der Waals surface area contributed by atoms with Crippen molar-refractivity contribution in [3.8, 4) is 5.69 Å². The van der Waals surface area contributed by atoms with Crippen LogP contribution in [0.15, 0.2) is 40.3 Å². The van der Waals surface area contributed by atoms with Gasteiger partial charge in [-0.2, -0.15) is 5.10 Å². The van der Waals surface area contributed by atoms with Gasteiger partial charge < -0.3 is 4.98 Å². The van der Waals surface area contributed by atoms with Crippen LogP contribution >= 0.6 is 35.3 Å². The van der Waals surface area contributed by atoms with E-state index in [1.807, 2.05) is 34.9 Å². The zero-order chi connectivity index (χ0) is 19.1. The van der Waals surface area contributed by atoms with E-state index < -0.39 is 0 Å². The molecule has 5 rings (SSSR count). The average molecular weight is 428 g/mol. The molecule has 1 aliphatic rings. The number of aromatic amines is 2. The first-order valence-corrected chi connectivity index (χ1v) is 11.3. The minimum absolute atomic E-state index is 0.0335. The molecular formula is C19H17N5OS3. The highest BCUT2D eigenvalue weighted by atomic mass is 32.2. The molecule has 2 N–H and O–H groups in total. The van der Waals surface area contributed by atoms with Gasteiger partial charge >= 0.3 is 0 Å². The van der Waals surface area contributed by atoms with Gasteiger partial charge in [-0.3, -0.25) is 14.5 Å². The third kappa shape index (κ3) is 3.13. The van der Waals surface area contributed by atoms with Crippen molar-refractivity contribution in [1.82, 2.24) is 24.7 Å². The lowest BCUT2D eigenvalue weighted by molar-refractivity contribution is 0.700. The van der Waals surface area contributed by atoms with Crippen molar-refractivity contribution >= 4 is 45.5 Å². The molecule has 0 saturated heterocycles. The van der Waals surface area contributed by atoms with Crippen molar-refractivity contribution in [3.63, 3.8) is 0 Å². The molecule has 28 heavy (non-hydrogen) atoms. The summed E-state index contributed by atoms with van der Waals surface area (Å²) in [5.74, 6) is 1.33. The SMILES string of the molecule is O=c1[nH]c(SCc2n[nH]c(=S)n2-c2ccccc2)nc2sc3c(c12)CCCC3. The van der Waals surface area contributed by atoms with Gasteiger partial charge in [0, 0.05) is 10.6 Å². The lowest BCUT2D eigenvalue weighted by Crippen LogP contribution is -2.11. The maximum absolute atomic E-state index is 12.7. The molecular weight excluding hydrogens is 410 g/mol.